The van der Waals surface area contributed by atoms with Crippen LogP contribution in [0.25, 0.3) is 0 Å². The van der Waals surface area contributed by atoms with Gasteiger partial charge in [0.25, 0.3) is 0 Å². The summed E-state index contributed by atoms with van der Waals surface area (Å²) in [7, 11) is -5.39. The quantitative estimate of drug-likeness (QED) is 0.274. The van der Waals surface area contributed by atoms with Crippen LogP contribution in [0.4, 0.5) is 0 Å². The van der Waals surface area contributed by atoms with Crippen molar-refractivity contribution in [2.24, 2.45) is 0 Å². The summed E-state index contributed by atoms with van der Waals surface area (Å²) in [5.74, 6) is 0. The number of phosphoric acid groups is 1. The molecule has 0 aromatic heterocycles. The SMILES string of the molecule is O=P([O-])([O-])[O-].[Fe+2].[Li+].[Na+]. The van der Waals surface area contributed by atoms with E-state index in [1.54, 1.807) is 0 Å². The topological polar surface area (TPSA) is 86.2 Å². The Kier molecular flexibility index (Phi) is 25.9. The van der Waals surface area contributed by atoms with Crippen LogP contribution in [0, 0.1) is 0 Å². The molecule has 0 aromatic carbocycles. The fourth-order valence-electron chi connectivity index (χ4n) is 0. The number of hydrogen-bond donors (Lipinski definition) is 0. The van der Waals surface area contributed by atoms with Gasteiger partial charge in [-0.15, -0.1) is 0 Å². The monoisotopic (exact) mass is 181 g/mol. The summed E-state index contributed by atoms with van der Waals surface area (Å²) < 4.78 is 8.55. The van der Waals surface area contributed by atoms with Crippen LogP contribution in [0.15, 0.2) is 0 Å². The Morgan fingerprint density at radius 3 is 1.12 bits per heavy atom. The van der Waals surface area contributed by atoms with E-state index >= 15 is 0 Å². The minimum atomic E-state index is -5.39. The van der Waals surface area contributed by atoms with E-state index < -0.39 is 7.82 Å². The summed E-state index contributed by atoms with van der Waals surface area (Å²) in [6, 6.07) is 0. The normalized spacial score (nSPS) is 7.38. The van der Waals surface area contributed by atoms with Crippen molar-refractivity contribution >= 4 is 7.82 Å². The van der Waals surface area contributed by atoms with Crippen molar-refractivity contribution in [3.8, 4) is 0 Å². The second-order valence-electron chi connectivity index (χ2n) is 0.447. The summed E-state index contributed by atoms with van der Waals surface area (Å²) >= 11 is 0. The van der Waals surface area contributed by atoms with E-state index in [1.807, 2.05) is 0 Å². The van der Waals surface area contributed by atoms with Gasteiger partial charge in [-0.25, -0.2) is 0 Å². The van der Waals surface area contributed by atoms with Crippen LogP contribution in [0.3, 0.4) is 0 Å². The molecule has 0 saturated heterocycles. The van der Waals surface area contributed by atoms with Gasteiger partial charge in [-0.3, -0.25) is 0 Å². The Hall–Kier alpha value is 2.23. The van der Waals surface area contributed by atoms with Gasteiger partial charge in [-0.2, -0.15) is 7.82 Å². The van der Waals surface area contributed by atoms with Gasteiger partial charge in [-0.1, -0.05) is 0 Å². The molecule has 0 rings (SSSR count). The maximum Gasteiger partial charge on any atom is 2.00 e. The molecule has 0 unspecified atom stereocenters. The fraction of sp³-hybridized carbons (Fsp3) is 0. The molecular formula is FeLiNaO4P+. The van der Waals surface area contributed by atoms with E-state index in [0.29, 0.717) is 0 Å². The maximum atomic E-state index is 8.55. The van der Waals surface area contributed by atoms with Crippen molar-refractivity contribution in [2.75, 3.05) is 0 Å². The van der Waals surface area contributed by atoms with Gasteiger partial charge < -0.3 is 19.2 Å². The molecule has 0 amide bonds. The molecule has 4 nitrogen and oxygen atoms in total. The third-order valence-electron chi connectivity index (χ3n) is 0. The van der Waals surface area contributed by atoms with E-state index in [9.17, 15) is 0 Å². The third kappa shape index (κ3) is 86.6. The van der Waals surface area contributed by atoms with Crippen molar-refractivity contribution in [3.63, 3.8) is 0 Å². The molecule has 0 heterocycles. The standard InChI is InChI=1S/Fe.Li.Na.H3O4P/c;;;1-5(2,3)4/h;;;(H3,1,2,3,4)/q+2;2*+1;/p-3. The Morgan fingerprint density at radius 2 is 1.12 bits per heavy atom. The first-order valence-corrected chi connectivity index (χ1v) is 2.19. The molecule has 0 spiro atoms. The smallest absolute Gasteiger partial charge is 0.822 e. The Bertz CT molecular complexity index is 62.2. The van der Waals surface area contributed by atoms with Gasteiger partial charge in [-0.05, 0) is 0 Å². The first-order chi connectivity index (χ1) is 2.00. The van der Waals surface area contributed by atoms with Crippen LogP contribution in [0.5, 0.6) is 0 Å². The van der Waals surface area contributed by atoms with Crippen molar-refractivity contribution in [1.29, 1.82) is 0 Å². The molecule has 0 aliphatic heterocycles. The molecule has 0 saturated carbocycles. The Balaban J connectivity index is -0.0000000267. The molecule has 0 aliphatic rings. The van der Waals surface area contributed by atoms with Gasteiger partial charge >= 0.3 is 65.5 Å². The average Bonchev–Trinajstić information content (AvgIpc) is 0.722. The molecule has 0 atom stereocenters. The molecule has 0 bridgehead atoms. The molecule has 8 heavy (non-hydrogen) atoms. The van der Waals surface area contributed by atoms with Crippen LogP contribution >= 0.6 is 7.82 Å². The van der Waals surface area contributed by atoms with Crippen LogP contribution < -0.4 is 63.1 Å². The first kappa shape index (κ1) is 22.5. The first-order valence-electron chi connectivity index (χ1n) is 0.730. The van der Waals surface area contributed by atoms with Crippen molar-refractivity contribution in [3.05, 3.63) is 0 Å². The summed E-state index contributed by atoms with van der Waals surface area (Å²) in [6.45, 7) is 0. The summed E-state index contributed by atoms with van der Waals surface area (Å²) in [5.41, 5.74) is 0. The average molecular weight is 181 g/mol. The van der Waals surface area contributed by atoms with Crippen LogP contribution in [-0.4, -0.2) is 0 Å². The molecule has 0 aromatic rings. The predicted molar refractivity (Wildman–Crippen MR) is 7.61 cm³/mol. The predicted octanol–water partition coefficient (Wildman–Crippen LogP) is -8.82. The number of hydrogen-bond acceptors (Lipinski definition) is 4. The van der Waals surface area contributed by atoms with Crippen molar-refractivity contribution in [1.82, 2.24) is 0 Å². The van der Waals surface area contributed by atoms with Gasteiger partial charge in [0.2, 0.25) is 0 Å². The van der Waals surface area contributed by atoms with E-state index in [2.05, 4.69) is 0 Å². The molecule has 38 valence electrons. The van der Waals surface area contributed by atoms with Crippen LogP contribution in [0.2, 0.25) is 0 Å². The zero-order chi connectivity index (χ0) is 4.50. The fourth-order valence-corrected chi connectivity index (χ4v) is 0. The summed E-state index contributed by atoms with van der Waals surface area (Å²) in [4.78, 5) is 25.6. The third-order valence-corrected chi connectivity index (χ3v) is 0. The summed E-state index contributed by atoms with van der Waals surface area (Å²) in [5, 5.41) is 0. The second-order valence-corrected chi connectivity index (χ2v) is 1.34. The van der Waals surface area contributed by atoms with Gasteiger partial charge in [0.1, 0.15) is 0 Å². The minimum absolute atomic E-state index is 0. The maximum absolute atomic E-state index is 8.55. The van der Waals surface area contributed by atoms with Crippen molar-refractivity contribution < 1.29 is 84.7 Å². The van der Waals surface area contributed by atoms with Gasteiger partial charge in [0, 0.05) is 0 Å². The molecule has 0 N–H and O–H groups in total. The zero-order valence-electron chi connectivity index (χ0n) is 4.43. The molecule has 0 aliphatic carbocycles. The molecule has 0 fully saturated rings. The molecular weight excluding hydrogens is 181 g/mol. The van der Waals surface area contributed by atoms with E-state index in [-0.39, 0.29) is 65.5 Å². The van der Waals surface area contributed by atoms with E-state index in [0.717, 1.165) is 0 Å². The molecule has 8 heteroatoms. The Morgan fingerprint density at radius 1 is 1.12 bits per heavy atom. The van der Waals surface area contributed by atoms with Crippen LogP contribution in [0.1, 0.15) is 0 Å². The zero-order valence-corrected chi connectivity index (χ0v) is 8.43. The molecule has 0 radical (unpaired) electrons. The van der Waals surface area contributed by atoms with Crippen molar-refractivity contribution in [2.45, 2.75) is 0 Å². The second kappa shape index (κ2) is 9.23. The largest absolute Gasteiger partial charge is 2.00 e. The van der Waals surface area contributed by atoms with E-state index in [4.69, 9.17) is 19.2 Å². The summed E-state index contributed by atoms with van der Waals surface area (Å²) in [6.07, 6.45) is 0. The van der Waals surface area contributed by atoms with Gasteiger partial charge in [0.05, 0.1) is 0 Å². The van der Waals surface area contributed by atoms with E-state index in [1.165, 1.54) is 0 Å². The Labute approximate surface area is 91.6 Å². The van der Waals surface area contributed by atoms with Gasteiger partial charge in [0.15, 0.2) is 0 Å². The minimum Gasteiger partial charge on any atom is -0.822 e. The van der Waals surface area contributed by atoms with Crippen LogP contribution in [-0.2, 0) is 21.6 Å². The number of rotatable bonds is 0.